The van der Waals surface area contributed by atoms with Crippen molar-refractivity contribution in [2.75, 3.05) is 0 Å². The van der Waals surface area contributed by atoms with E-state index in [-0.39, 0.29) is 18.4 Å². The molecule has 0 aromatic heterocycles. The molecule has 3 saturated carbocycles. The maximum Gasteiger partial charge on any atom is 0.338 e. The van der Waals surface area contributed by atoms with Gasteiger partial charge in [-0.05, 0) is 36.8 Å². The van der Waals surface area contributed by atoms with E-state index in [1.165, 1.54) is 25.1 Å². The van der Waals surface area contributed by atoms with Gasteiger partial charge in [0.15, 0.2) is 11.4 Å². The van der Waals surface area contributed by atoms with Crippen molar-refractivity contribution in [3.8, 4) is 0 Å². The minimum Gasteiger partial charge on any atom is -0.455 e. The first-order valence-corrected chi connectivity index (χ1v) is 11.9. The van der Waals surface area contributed by atoms with Crippen LogP contribution in [0.1, 0.15) is 50.9 Å². The molecule has 3 fully saturated rings. The van der Waals surface area contributed by atoms with Crippen molar-refractivity contribution in [1.29, 1.82) is 0 Å². The highest BCUT2D eigenvalue weighted by atomic mass is 16.6. The number of esters is 1. The summed E-state index contributed by atoms with van der Waals surface area (Å²) in [5.74, 6) is -4.17. The number of ether oxygens (including phenoxy) is 1. The zero-order valence-corrected chi connectivity index (χ0v) is 20.5. The first-order chi connectivity index (χ1) is 16.2. The molecule has 1 aromatic carbocycles. The van der Waals surface area contributed by atoms with Gasteiger partial charge < -0.3 is 25.2 Å². The maximum absolute atomic E-state index is 13.7. The minimum atomic E-state index is -2.47. The van der Waals surface area contributed by atoms with Crippen LogP contribution >= 0.6 is 0 Å². The molecule has 0 saturated heterocycles. The van der Waals surface area contributed by atoms with E-state index in [0.717, 1.165) is 0 Å². The molecule has 190 valence electrons. The number of rotatable bonds is 3. The fourth-order valence-corrected chi connectivity index (χ4v) is 7.17. The predicted octanol–water partition coefficient (Wildman–Crippen LogP) is 1.44. The molecule has 0 heterocycles. The van der Waals surface area contributed by atoms with Crippen molar-refractivity contribution in [2.45, 2.75) is 70.6 Å². The van der Waals surface area contributed by atoms with Crippen molar-refractivity contribution >= 4 is 17.5 Å². The van der Waals surface area contributed by atoms with Gasteiger partial charge in [-0.2, -0.15) is 0 Å². The lowest BCUT2D eigenvalue weighted by Crippen LogP contribution is -2.79. The van der Waals surface area contributed by atoms with Crippen LogP contribution in [-0.2, 0) is 14.3 Å². The third-order valence-corrected chi connectivity index (χ3v) is 9.13. The Morgan fingerprint density at radius 1 is 1.09 bits per heavy atom. The Morgan fingerprint density at radius 3 is 2.26 bits per heavy atom. The van der Waals surface area contributed by atoms with Gasteiger partial charge in [-0.3, -0.25) is 9.59 Å². The highest BCUT2D eigenvalue weighted by Gasteiger charge is 2.76. The third-order valence-electron chi connectivity index (χ3n) is 9.13. The molecule has 8 nitrogen and oxygen atoms in total. The lowest BCUT2D eigenvalue weighted by Gasteiger charge is -2.67. The van der Waals surface area contributed by atoms with Gasteiger partial charge in [0.1, 0.15) is 18.0 Å². The normalized spacial score (nSPS) is 44.7. The Labute approximate surface area is 204 Å². The highest BCUT2D eigenvalue weighted by molar-refractivity contribution is 6.06. The number of hydrogen-bond acceptors (Lipinski definition) is 8. The van der Waals surface area contributed by atoms with Gasteiger partial charge in [-0.1, -0.05) is 45.0 Å². The molecule has 8 heteroatoms. The van der Waals surface area contributed by atoms with Crippen molar-refractivity contribution in [2.24, 2.45) is 28.1 Å². The van der Waals surface area contributed by atoms with Crippen LogP contribution in [0.3, 0.4) is 0 Å². The number of Topliss-reactive ketones (excluding diaryl/α,β-unsaturated/α-hetero) is 2. The second-order valence-corrected chi connectivity index (χ2v) is 11.5. The molecule has 2 unspecified atom stereocenters. The molecule has 35 heavy (non-hydrogen) atoms. The van der Waals surface area contributed by atoms with Crippen molar-refractivity contribution < 1.29 is 39.5 Å². The number of fused-ring (bicyclic) bond motifs is 3. The molecule has 0 amide bonds. The smallest absolute Gasteiger partial charge is 0.338 e. The molecule has 0 aliphatic heterocycles. The fourth-order valence-electron chi connectivity index (χ4n) is 7.17. The molecule has 4 N–H and O–H groups in total. The second kappa shape index (κ2) is 8.06. The Hall–Kier alpha value is -2.39. The van der Waals surface area contributed by atoms with Crippen LogP contribution in [0, 0.1) is 28.1 Å². The summed E-state index contributed by atoms with van der Waals surface area (Å²) >= 11 is 0. The lowest BCUT2D eigenvalue weighted by atomic mass is 9.39. The van der Waals surface area contributed by atoms with Crippen LogP contribution in [0.15, 0.2) is 43.0 Å². The van der Waals surface area contributed by atoms with Crippen molar-refractivity contribution in [1.82, 2.24) is 0 Å². The average molecular weight is 487 g/mol. The first kappa shape index (κ1) is 25.7. The minimum absolute atomic E-state index is 0.147. The van der Waals surface area contributed by atoms with Gasteiger partial charge >= 0.3 is 5.97 Å². The molecule has 1 aromatic rings. The number of ketones is 2. The van der Waals surface area contributed by atoms with Gasteiger partial charge in [0.25, 0.3) is 0 Å². The molecule has 0 bridgehead atoms. The second-order valence-electron chi connectivity index (χ2n) is 11.5. The summed E-state index contributed by atoms with van der Waals surface area (Å²) in [4.78, 5) is 40.4. The number of hydrogen-bond donors (Lipinski definition) is 4. The number of aliphatic hydroxyl groups excluding tert-OH is 3. The van der Waals surface area contributed by atoms with E-state index in [2.05, 4.69) is 6.58 Å². The van der Waals surface area contributed by atoms with Gasteiger partial charge in [0.05, 0.1) is 29.1 Å². The molecule has 0 radical (unpaired) electrons. The average Bonchev–Trinajstić information content (AvgIpc) is 2.82. The van der Waals surface area contributed by atoms with E-state index < -0.39 is 75.6 Å². The van der Waals surface area contributed by atoms with Crippen LogP contribution in [0.4, 0.5) is 0 Å². The Bertz CT molecular complexity index is 1070. The van der Waals surface area contributed by atoms with Gasteiger partial charge in [-0.15, -0.1) is 6.58 Å². The van der Waals surface area contributed by atoms with Crippen LogP contribution in [0.25, 0.3) is 0 Å². The maximum atomic E-state index is 13.7. The predicted molar refractivity (Wildman–Crippen MR) is 125 cm³/mol. The van der Waals surface area contributed by atoms with Gasteiger partial charge in [0, 0.05) is 11.8 Å². The van der Waals surface area contributed by atoms with E-state index in [9.17, 15) is 34.8 Å². The van der Waals surface area contributed by atoms with E-state index >= 15 is 0 Å². The third kappa shape index (κ3) is 3.30. The first-order valence-electron chi connectivity index (χ1n) is 11.9. The van der Waals surface area contributed by atoms with Crippen molar-refractivity contribution in [3.63, 3.8) is 0 Å². The summed E-state index contributed by atoms with van der Waals surface area (Å²) in [5, 5.41) is 45.2. The number of benzene rings is 1. The van der Waals surface area contributed by atoms with E-state index in [4.69, 9.17) is 4.74 Å². The zero-order valence-electron chi connectivity index (χ0n) is 20.5. The Morgan fingerprint density at radius 2 is 1.69 bits per heavy atom. The molecule has 3 aliphatic carbocycles. The number of allylic oxidation sites excluding steroid dienone is 1. The van der Waals surface area contributed by atoms with Crippen molar-refractivity contribution in [3.05, 3.63) is 48.6 Å². The number of carbonyl (C=O) groups is 3. The van der Waals surface area contributed by atoms with Crippen LogP contribution in [-0.4, -0.2) is 68.0 Å². The van der Waals surface area contributed by atoms with E-state index in [1.54, 1.807) is 39.0 Å². The molecule has 4 rings (SSSR count). The number of carbonyl (C=O) groups excluding carboxylic acids is 3. The van der Waals surface area contributed by atoms with Crippen LogP contribution in [0.2, 0.25) is 0 Å². The quantitative estimate of drug-likeness (QED) is 0.372. The number of aliphatic hydroxyl groups is 4. The SMILES string of the molecule is C=C[C@@]1(C)CC(=O)C2[C@]3(C)C(C[C@@H](O)[C@@]2(O)C1=O)C(C)(C)[C@H](O)[C@H](O)[C@@H]3OC(=O)c1ccccc1. The molecule has 9 atom stereocenters. The summed E-state index contributed by atoms with van der Waals surface area (Å²) in [6.07, 6.45) is -5.10. The summed E-state index contributed by atoms with van der Waals surface area (Å²) in [5.41, 5.74) is -6.18. The Balaban J connectivity index is 1.90. The van der Waals surface area contributed by atoms with Crippen LogP contribution < -0.4 is 0 Å². The lowest BCUT2D eigenvalue weighted by molar-refractivity contribution is -0.289. The molecule has 3 aliphatic rings. The monoisotopic (exact) mass is 486 g/mol. The zero-order chi connectivity index (χ0) is 26.1. The summed E-state index contributed by atoms with van der Waals surface area (Å²) in [6.45, 7) is 10.1. The molecule has 0 spiro atoms. The summed E-state index contributed by atoms with van der Waals surface area (Å²) in [6, 6.07) is 8.07. The largest absolute Gasteiger partial charge is 0.455 e. The Kier molecular flexibility index (Phi) is 5.92. The molecular formula is C27H34O8. The van der Waals surface area contributed by atoms with E-state index in [1.807, 2.05) is 0 Å². The summed E-state index contributed by atoms with van der Waals surface area (Å²) in [7, 11) is 0. The van der Waals surface area contributed by atoms with E-state index in [0.29, 0.717) is 0 Å². The molecular weight excluding hydrogens is 452 g/mol. The standard InChI is InChI=1S/C27H34O8/c1-6-25(4)13-15(28)19-26(5)16(12-17(29)27(19,34)23(25)33)24(2,3)20(31)18(30)21(26)35-22(32)14-10-8-7-9-11-14/h6-11,16-21,29-31,34H,1,12-13H2,2-5H3/t16?,17-,18+,19?,20-,21+,25+,26+,27+/m1/s1. The topological polar surface area (TPSA) is 141 Å². The summed E-state index contributed by atoms with van der Waals surface area (Å²) < 4.78 is 5.79. The fraction of sp³-hybridized carbons (Fsp3) is 0.593. The highest BCUT2D eigenvalue weighted by Crippen LogP contribution is 2.65. The van der Waals surface area contributed by atoms with Crippen LogP contribution in [0.5, 0.6) is 0 Å². The van der Waals surface area contributed by atoms with Gasteiger partial charge in [-0.25, -0.2) is 4.79 Å². The van der Waals surface area contributed by atoms with Gasteiger partial charge in [0.2, 0.25) is 0 Å².